The van der Waals surface area contributed by atoms with Crippen molar-refractivity contribution in [1.82, 2.24) is 4.31 Å². The highest BCUT2D eigenvalue weighted by atomic mass is 32.2. The van der Waals surface area contributed by atoms with Gasteiger partial charge in [0.05, 0.1) is 5.75 Å². The number of hydrogen-bond donors (Lipinski definition) is 0. The van der Waals surface area contributed by atoms with Gasteiger partial charge in [0.15, 0.2) is 0 Å². The molecule has 0 bridgehead atoms. The SMILES string of the molecule is CC1CC(C)CN(S(=O)(=O)Cc2ccc(F)cc2)C1. The van der Waals surface area contributed by atoms with Crippen LogP contribution in [0.2, 0.25) is 0 Å². The van der Waals surface area contributed by atoms with E-state index in [0.29, 0.717) is 30.5 Å². The Labute approximate surface area is 114 Å². The van der Waals surface area contributed by atoms with Gasteiger partial charge in [0, 0.05) is 13.1 Å². The first kappa shape index (κ1) is 14.5. The Kier molecular flexibility index (Phi) is 4.26. The summed E-state index contributed by atoms with van der Waals surface area (Å²) in [6.07, 6.45) is 1.07. The van der Waals surface area contributed by atoms with Crippen molar-refractivity contribution >= 4 is 10.0 Å². The number of nitrogens with zero attached hydrogens (tertiary/aromatic N) is 1. The lowest BCUT2D eigenvalue weighted by Crippen LogP contribution is -2.43. The predicted molar refractivity (Wildman–Crippen MR) is 73.5 cm³/mol. The summed E-state index contributed by atoms with van der Waals surface area (Å²) in [6.45, 7) is 5.34. The van der Waals surface area contributed by atoms with Crippen LogP contribution in [0.1, 0.15) is 25.8 Å². The van der Waals surface area contributed by atoms with E-state index >= 15 is 0 Å². The Morgan fingerprint density at radius 3 is 2.21 bits per heavy atom. The van der Waals surface area contributed by atoms with Crippen molar-refractivity contribution in [1.29, 1.82) is 0 Å². The molecule has 0 amide bonds. The van der Waals surface area contributed by atoms with E-state index in [2.05, 4.69) is 13.8 Å². The van der Waals surface area contributed by atoms with E-state index in [4.69, 9.17) is 0 Å². The normalized spacial score (nSPS) is 25.4. The van der Waals surface area contributed by atoms with Crippen molar-refractivity contribution in [2.45, 2.75) is 26.0 Å². The fourth-order valence-electron chi connectivity index (χ4n) is 2.72. The molecule has 0 radical (unpaired) electrons. The van der Waals surface area contributed by atoms with E-state index < -0.39 is 10.0 Å². The average Bonchev–Trinajstić information content (AvgIpc) is 2.31. The van der Waals surface area contributed by atoms with Gasteiger partial charge in [-0.2, -0.15) is 0 Å². The second kappa shape index (κ2) is 5.59. The topological polar surface area (TPSA) is 37.4 Å². The van der Waals surface area contributed by atoms with Gasteiger partial charge in [-0.15, -0.1) is 0 Å². The molecule has 1 saturated heterocycles. The third-order valence-corrected chi connectivity index (χ3v) is 5.27. The lowest BCUT2D eigenvalue weighted by Gasteiger charge is -2.34. The Balaban J connectivity index is 2.11. The maximum Gasteiger partial charge on any atom is 0.218 e. The van der Waals surface area contributed by atoms with Gasteiger partial charge in [0.2, 0.25) is 10.0 Å². The molecule has 2 unspecified atom stereocenters. The minimum Gasteiger partial charge on any atom is -0.212 e. The first-order chi connectivity index (χ1) is 8.87. The Bertz CT molecular complexity index is 517. The number of halogens is 1. The van der Waals surface area contributed by atoms with E-state index in [1.807, 2.05) is 0 Å². The van der Waals surface area contributed by atoms with Crippen LogP contribution in [-0.2, 0) is 15.8 Å². The lowest BCUT2D eigenvalue weighted by atomic mass is 9.94. The molecule has 1 aliphatic rings. The van der Waals surface area contributed by atoms with Crippen LogP contribution in [0.15, 0.2) is 24.3 Å². The molecule has 0 N–H and O–H groups in total. The lowest BCUT2D eigenvalue weighted by molar-refractivity contribution is 0.222. The van der Waals surface area contributed by atoms with Gasteiger partial charge in [-0.25, -0.2) is 17.1 Å². The second-order valence-corrected chi connectivity index (χ2v) is 7.61. The molecule has 0 saturated carbocycles. The summed E-state index contributed by atoms with van der Waals surface area (Å²) in [7, 11) is -3.30. The van der Waals surface area contributed by atoms with Crippen molar-refractivity contribution in [2.24, 2.45) is 11.8 Å². The summed E-state index contributed by atoms with van der Waals surface area (Å²) < 4.78 is 39.1. The number of piperidine rings is 1. The van der Waals surface area contributed by atoms with Crippen LogP contribution in [0.5, 0.6) is 0 Å². The largest absolute Gasteiger partial charge is 0.218 e. The zero-order valence-electron chi connectivity index (χ0n) is 11.3. The fraction of sp³-hybridized carbons (Fsp3) is 0.571. The summed E-state index contributed by atoms with van der Waals surface area (Å²) in [5.41, 5.74) is 0.632. The Morgan fingerprint density at radius 1 is 1.16 bits per heavy atom. The van der Waals surface area contributed by atoms with Gasteiger partial charge in [-0.05, 0) is 36.0 Å². The van der Waals surface area contributed by atoms with Crippen LogP contribution < -0.4 is 0 Å². The van der Waals surface area contributed by atoms with E-state index in [9.17, 15) is 12.8 Å². The van der Waals surface area contributed by atoms with E-state index in [1.54, 1.807) is 4.31 Å². The monoisotopic (exact) mass is 285 g/mol. The van der Waals surface area contributed by atoms with E-state index in [0.717, 1.165) is 6.42 Å². The van der Waals surface area contributed by atoms with Crippen molar-refractivity contribution in [3.63, 3.8) is 0 Å². The van der Waals surface area contributed by atoms with Crippen LogP contribution in [0, 0.1) is 17.7 Å². The minimum atomic E-state index is -3.30. The molecular weight excluding hydrogens is 265 g/mol. The van der Waals surface area contributed by atoms with Gasteiger partial charge in [0.25, 0.3) is 0 Å². The number of sulfonamides is 1. The molecular formula is C14H20FNO2S. The quantitative estimate of drug-likeness (QED) is 0.856. The summed E-state index contributed by atoms with van der Waals surface area (Å²) >= 11 is 0. The van der Waals surface area contributed by atoms with Gasteiger partial charge in [-0.1, -0.05) is 26.0 Å². The molecule has 1 aromatic carbocycles. The van der Waals surface area contributed by atoms with Crippen LogP contribution in [0.3, 0.4) is 0 Å². The molecule has 2 atom stereocenters. The summed E-state index contributed by atoms with van der Waals surface area (Å²) in [5, 5.41) is 0. The van der Waals surface area contributed by atoms with Gasteiger partial charge >= 0.3 is 0 Å². The van der Waals surface area contributed by atoms with E-state index in [1.165, 1.54) is 24.3 Å². The highest BCUT2D eigenvalue weighted by molar-refractivity contribution is 7.88. The average molecular weight is 285 g/mol. The second-order valence-electron chi connectivity index (χ2n) is 5.65. The first-order valence-corrected chi connectivity index (χ1v) is 8.20. The molecule has 1 aromatic rings. The number of benzene rings is 1. The molecule has 19 heavy (non-hydrogen) atoms. The molecule has 1 aliphatic heterocycles. The molecule has 2 rings (SSSR count). The van der Waals surface area contributed by atoms with Crippen molar-refractivity contribution in [3.8, 4) is 0 Å². The van der Waals surface area contributed by atoms with Crippen molar-refractivity contribution in [2.75, 3.05) is 13.1 Å². The molecule has 3 nitrogen and oxygen atoms in total. The third kappa shape index (κ3) is 3.76. The number of rotatable bonds is 3. The molecule has 106 valence electrons. The maximum atomic E-state index is 12.8. The van der Waals surface area contributed by atoms with Gasteiger partial charge in [-0.3, -0.25) is 0 Å². The molecule has 0 aliphatic carbocycles. The minimum absolute atomic E-state index is 0.0489. The maximum absolute atomic E-state index is 12.8. The molecule has 1 fully saturated rings. The first-order valence-electron chi connectivity index (χ1n) is 6.59. The van der Waals surface area contributed by atoms with Crippen LogP contribution in [0.25, 0.3) is 0 Å². The van der Waals surface area contributed by atoms with Gasteiger partial charge in [0.1, 0.15) is 5.82 Å². The highest BCUT2D eigenvalue weighted by Gasteiger charge is 2.30. The summed E-state index contributed by atoms with van der Waals surface area (Å²) in [6, 6.07) is 5.66. The molecule has 1 heterocycles. The van der Waals surface area contributed by atoms with Crippen molar-refractivity contribution in [3.05, 3.63) is 35.6 Å². The van der Waals surface area contributed by atoms with Gasteiger partial charge < -0.3 is 0 Å². The predicted octanol–water partition coefficient (Wildman–Crippen LogP) is 2.63. The van der Waals surface area contributed by atoms with Crippen LogP contribution in [-0.4, -0.2) is 25.8 Å². The third-order valence-electron chi connectivity index (χ3n) is 3.49. The highest BCUT2D eigenvalue weighted by Crippen LogP contribution is 2.24. The Morgan fingerprint density at radius 2 is 1.68 bits per heavy atom. The van der Waals surface area contributed by atoms with E-state index in [-0.39, 0.29) is 11.6 Å². The molecule has 0 aromatic heterocycles. The number of hydrogen-bond acceptors (Lipinski definition) is 2. The zero-order chi connectivity index (χ0) is 14.0. The Hall–Kier alpha value is -0.940. The molecule has 5 heteroatoms. The summed E-state index contributed by atoms with van der Waals surface area (Å²) in [5.74, 6) is 0.395. The van der Waals surface area contributed by atoms with Crippen molar-refractivity contribution < 1.29 is 12.8 Å². The smallest absolute Gasteiger partial charge is 0.212 e. The summed E-state index contributed by atoms with van der Waals surface area (Å²) in [4.78, 5) is 0. The van der Waals surface area contributed by atoms with Crippen LogP contribution in [0.4, 0.5) is 4.39 Å². The fourth-order valence-corrected chi connectivity index (χ4v) is 4.47. The standard InChI is InChI=1S/C14H20FNO2S/c1-11-7-12(2)9-16(8-11)19(17,18)10-13-3-5-14(15)6-4-13/h3-6,11-12H,7-10H2,1-2H3. The molecule has 0 spiro atoms. The zero-order valence-corrected chi connectivity index (χ0v) is 12.2. The van der Waals surface area contributed by atoms with Crippen LogP contribution >= 0.6 is 0 Å².